The van der Waals surface area contributed by atoms with Gasteiger partial charge in [0.25, 0.3) is 0 Å². The summed E-state index contributed by atoms with van der Waals surface area (Å²) < 4.78 is 10.5. The van der Waals surface area contributed by atoms with E-state index in [4.69, 9.17) is 9.47 Å². The highest BCUT2D eigenvalue weighted by Crippen LogP contribution is 2.15. The quantitative estimate of drug-likeness (QED) is 0.0250. The number of unbranched alkanes of at least 4 members (excludes halogenated alkanes) is 16. The first-order chi connectivity index (χ1) is 26.3. The van der Waals surface area contributed by atoms with Gasteiger partial charge in [-0.3, -0.25) is 9.59 Å². The van der Waals surface area contributed by atoms with Gasteiger partial charge < -0.3 is 24.8 Å². The molecule has 0 aromatic carbocycles. The van der Waals surface area contributed by atoms with E-state index in [-0.39, 0.29) is 19.0 Å². The average molecular weight is 757 g/mol. The molecule has 0 saturated carbocycles. The maximum Gasteiger partial charge on any atom is 0.306 e. The third-order valence-corrected chi connectivity index (χ3v) is 9.12. The lowest BCUT2D eigenvalue weighted by atomic mass is 10.0. The van der Waals surface area contributed by atoms with Crippen LogP contribution in [-0.4, -0.2) is 58.8 Å². The Morgan fingerprint density at radius 3 is 1.69 bits per heavy atom. The first kappa shape index (κ1) is 51.3. The molecule has 0 bridgehead atoms. The number of aliphatic hydroxyl groups is 3. The molecule has 0 aromatic heterocycles. The van der Waals surface area contributed by atoms with E-state index in [0.29, 0.717) is 25.7 Å². The topological polar surface area (TPSA) is 113 Å². The molecule has 310 valence electrons. The maximum absolute atomic E-state index is 12.2. The van der Waals surface area contributed by atoms with Crippen molar-refractivity contribution in [2.75, 3.05) is 13.2 Å². The van der Waals surface area contributed by atoms with Crippen molar-refractivity contribution < 1.29 is 34.4 Å². The smallest absolute Gasteiger partial charge is 0.306 e. The Morgan fingerprint density at radius 2 is 1.13 bits per heavy atom. The highest BCUT2D eigenvalue weighted by atomic mass is 16.6. The Balaban J connectivity index is 3.78. The molecule has 0 rings (SSSR count). The minimum atomic E-state index is -0.862. The van der Waals surface area contributed by atoms with Gasteiger partial charge in [-0.1, -0.05) is 196 Å². The standard InChI is InChI=1S/C47H80O7/c1-4-5-26-34-43(49)35-28-22-18-16-19-23-29-36-44(50)37-30-25-32-39-47(52)54-45(40-48)41-53-46(51)38-31-24-20-15-13-11-9-7-6-8-10-12-14-17-21-27-33-42(2)3/h5,18-19,22-23,26,28-30,35-37,42-45,48-50H,4,6-17,20-21,24-25,27,31-34,38-41H2,1-3H3/b22-18-,23-19-,26-5-,35-28+,36-29+,37-30-/t43-,44-,45-/m0/s1. The minimum absolute atomic E-state index is 0.138. The van der Waals surface area contributed by atoms with Gasteiger partial charge in [0.1, 0.15) is 6.61 Å². The van der Waals surface area contributed by atoms with Crippen LogP contribution < -0.4 is 0 Å². The van der Waals surface area contributed by atoms with Gasteiger partial charge in [0.15, 0.2) is 6.10 Å². The highest BCUT2D eigenvalue weighted by Gasteiger charge is 2.16. The van der Waals surface area contributed by atoms with Crippen LogP contribution in [0.2, 0.25) is 0 Å². The number of rotatable bonds is 37. The van der Waals surface area contributed by atoms with Gasteiger partial charge in [0.05, 0.1) is 18.8 Å². The Bertz CT molecular complexity index is 1040. The Labute approximate surface area is 330 Å². The summed E-state index contributed by atoms with van der Waals surface area (Å²) in [5, 5.41) is 29.5. The number of aliphatic hydroxyl groups excluding tert-OH is 3. The van der Waals surface area contributed by atoms with Crippen molar-refractivity contribution in [2.45, 2.75) is 193 Å². The molecule has 0 radical (unpaired) electrons. The summed E-state index contributed by atoms with van der Waals surface area (Å²) in [7, 11) is 0. The second-order valence-electron chi connectivity index (χ2n) is 14.9. The summed E-state index contributed by atoms with van der Waals surface area (Å²) >= 11 is 0. The summed E-state index contributed by atoms with van der Waals surface area (Å²) in [5.74, 6) is 0.0725. The molecule has 0 aliphatic rings. The van der Waals surface area contributed by atoms with E-state index in [2.05, 4.69) is 20.8 Å². The predicted octanol–water partition coefficient (Wildman–Crippen LogP) is 11.5. The van der Waals surface area contributed by atoms with Gasteiger partial charge in [-0.2, -0.15) is 0 Å². The normalized spacial score (nSPS) is 14.2. The van der Waals surface area contributed by atoms with Crippen molar-refractivity contribution >= 4 is 11.9 Å². The van der Waals surface area contributed by atoms with Crippen LogP contribution in [0, 0.1) is 5.92 Å². The molecule has 0 spiro atoms. The molecule has 3 N–H and O–H groups in total. The number of allylic oxidation sites excluding steroid dienone is 8. The average Bonchev–Trinajstić information content (AvgIpc) is 3.15. The highest BCUT2D eigenvalue weighted by molar-refractivity contribution is 5.70. The molecule has 0 heterocycles. The second-order valence-corrected chi connectivity index (χ2v) is 14.9. The summed E-state index contributed by atoms with van der Waals surface area (Å²) in [6.45, 7) is 6.15. The number of ether oxygens (including phenoxy) is 2. The third-order valence-electron chi connectivity index (χ3n) is 9.12. The zero-order chi connectivity index (χ0) is 39.7. The lowest BCUT2D eigenvalue weighted by Gasteiger charge is -2.15. The molecule has 3 atom stereocenters. The fraction of sp³-hybridized carbons (Fsp3) is 0.702. The molecule has 0 aliphatic carbocycles. The monoisotopic (exact) mass is 757 g/mol. The molecule has 0 unspecified atom stereocenters. The van der Waals surface area contributed by atoms with Crippen molar-refractivity contribution in [2.24, 2.45) is 5.92 Å². The van der Waals surface area contributed by atoms with Gasteiger partial charge in [-0.15, -0.1) is 0 Å². The summed E-state index contributed by atoms with van der Waals surface area (Å²) in [6.07, 6.45) is 46.1. The number of esters is 2. The number of carbonyl (C=O) groups is 2. The zero-order valence-electron chi connectivity index (χ0n) is 34.6. The summed E-state index contributed by atoms with van der Waals surface area (Å²) in [6, 6.07) is 0. The van der Waals surface area contributed by atoms with Crippen LogP contribution in [0.1, 0.15) is 175 Å². The lowest BCUT2D eigenvalue weighted by Crippen LogP contribution is -2.28. The number of carbonyl (C=O) groups excluding carboxylic acids is 2. The van der Waals surface area contributed by atoms with Gasteiger partial charge in [0.2, 0.25) is 0 Å². The molecule has 54 heavy (non-hydrogen) atoms. The SMILES string of the molecule is CC/C=C\C[C@H](O)/C=C/C=C\C/C=C\C=C\[C@H](O)/C=C\CCCC(=O)O[C@@H](CO)COC(=O)CCCCCCCCCCCCCCCCCCC(C)C. The van der Waals surface area contributed by atoms with Crippen LogP contribution in [-0.2, 0) is 19.1 Å². The van der Waals surface area contributed by atoms with Crippen LogP contribution in [0.25, 0.3) is 0 Å². The largest absolute Gasteiger partial charge is 0.462 e. The summed E-state index contributed by atoms with van der Waals surface area (Å²) in [4.78, 5) is 24.3. The van der Waals surface area contributed by atoms with Crippen LogP contribution in [0.3, 0.4) is 0 Å². The van der Waals surface area contributed by atoms with Crippen LogP contribution in [0.15, 0.2) is 72.9 Å². The van der Waals surface area contributed by atoms with E-state index in [0.717, 1.165) is 38.0 Å². The molecular weight excluding hydrogens is 677 g/mol. The minimum Gasteiger partial charge on any atom is -0.462 e. The van der Waals surface area contributed by atoms with Crippen LogP contribution in [0.4, 0.5) is 0 Å². The lowest BCUT2D eigenvalue weighted by molar-refractivity contribution is -0.161. The fourth-order valence-corrected chi connectivity index (χ4v) is 5.83. The van der Waals surface area contributed by atoms with Gasteiger partial charge in [-0.25, -0.2) is 0 Å². The van der Waals surface area contributed by atoms with Crippen molar-refractivity contribution in [3.05, 3.63) is 72.9 Å². The van der Waals surface area contributed by atoms with Gasteiger partial charge >= 0.3 is 11.9 Å². The molecule has 7 nitrogen and oxygen atoms in total. The third kappa shape index (κ3) is 39.0. The first-order valence-electron chi connectivity index (χ1n) is 21.6. The molecule has 0 aromatic rings. The summed E-state index contributed by atoms with van der Waals surface area (Å²) in [5.41, 5.74) is 0. The van der Waals surface area contributed by atoms with Crippen molar-refractivity contribution in [3.63, 3.8) is 0 Å². The molecular formula is C47H80O7. The molecule has 0 amide bonds. The zero-order valence-corrected chi connectivity index (χ0v) is 34.6. The molecule has 0 fully saturated rings. The van der Waals surface area contributed by atoms with E-state index >= 15 is 0 Å². The van der Waals surface area contributed by atoms with Crippen molar-refractivity contribution in [1.29, 1.82) is 0 Å². The first-order valence-corrected chi connectivity index (χ1v) is 21.6. The van der Waals surface area contributed by atoms with E-state index in [1.54, 1.807) is 24.3 Å². The number of hydrogen-bond donors (Lipinski definition) is 3. The van der Waals surface area contributed by atoms with E-state index in [9.17, 15) is 24.9 Å². The van der Waals surface area contributed by atoms with Crippen molar-refractivity contribution in [1.82, 2.24) is 0 Å². The molecule has 0 saturated heterocycles. The van der Waals surface area contributed by atoms with E-state index in [1.165, 1.54) is 89.9 Å². The number of hydrogen-bond acceptors (Lipinski definition) is 7. The second kappa shape index (κ2) is 39.9. The Morgan fingerprint density at radius 1 is 0.593 bits per heavy atom. The van der Waals surface area contributed by atoms with Gasteiger partial charge in [-0.05, 0) is 44.4 Å². The van der Waals surface area contributed by atoms with E-state index < -0.39 is 30.9 Å². The van der Waals surface area contributed by atoms with Crippen LogP contribution >= 0.6 is 0 Å². The fourth-order valence-electron chi connectivity index (χ4n) is 5.83. The Hall–Kier alpha value is -2.74. The Kier molecular flexibility index (Phi) is 37.9. The van der Waals surface area contributed by atoms with Crippen molar-refractivity contribution in [3.8, 4) is 0 Å². The molecule has 7 heteroatoms. The van der Waals surface area contributed by atoms with E-state index in [1.807, 2.05) is 48.6 Å². The maximum atomic E-state index is 12.2. The van der Waals surface area contributed by atoms with Crippen LogP contribution in [0.5, 0.6) is 0 Å². The predicted molar refractivity (Wildman–Crippen MR) is 226 cm³/mol. The van der Waals surface area contributed by atoms with Gasteiger partial charge in [0, 0.05) is 12.8 Å². The molecule has 0 aliphatic heterocycles.